The molecular weight excluding hydrogens is 1350 g/mol. The Bertz CT molecular complexity index is 3770. The summed E-state index contributed by atoms with van der Waals surface area (Å²) < 4.78 is 25.1. The zero-order chi connectivity index (χ0) is 77.1. The van der Waals surface area contributed by atoms with Gasteiger partial charge < -0.3 is 23.8 Å². The molecule has 9 aromatic rings. The normalized spacial score (nSPS) is 11.8. The van der Waals surface area contributed by atoms with Crippen molar-refractivity contribution in [1.82, 2.24) is 0 Å². The van der Waals surface area contributed by atoms with Crippen molar-refractivity contribution in [1.29, 1.82) is 0 Å². The highest BCUT2D eigenvalue weighted by Crippen LogP contribution is 2.36. The molecule has 0 saturated carbocycles. The molecule has 0 heterocycles. The molecule has 0 aliphatic heterocycles. The Morgan fingerprint density at radius 2 is 0.387 bits per heavy atom. The van der Waals surface area contributed by atoms with Gasteiger partial charge in [0.2, 0.25) is 0 Å². The minimum absolute atomic E-state index is 0.749. The third kappa shape index (κ3) is 34.3. The molecule has 0 unspecified atom stereocenters. The predicted molar refractivity (Wildman–Crippen MR) is 486 cm³/mol. The van der Waals surface area contributed by atoms with Gasteiger partial charge in [-0.25, -0.2) is 0 Å². The Balaban J connectivity index is 0.895. The Hall–Kier alpha value is -9.58. The smallest absolute Gasteiger partial charge is 0.119 e. The number of ether oxygens (including phenoxy) is 4. The first kappa shape index (κ1) is 85.4. The lowest BCUT2D eigenvalue weighted by Crippen LogP contribution is -2.09. The molecule has 9 rings (SSSR count). The van der Waals surface area contributed by atoms with Crippen LogP contribution in [0.25, 0.3) is 72.9 Å². The number of unbranched alkanes of at least 4 members (excludes halogenated alkanes) is 28. The largest absolute Gasteiger partial charge is 0.494 e. The number of hydrogen-bond donors (Lipinski definition) is 0. The third-order valence-corrected chi connectivity index (χ3v) is 20.6. The Labute approximate surface area is 671 Å². The average Bonchev–Trinajstić information content (AvgIpc) is 0.807. The zero-order valence-corrected chi connectivity index (χ0v) is 68.2. The topological polar surface area (TPSA) is 40.2 Å². The molecule has 0 fully saturated rings. The molecule has 5 nitrogen and oxygen atoms in total. The number of benzene rings is 9. The molecule has 584 valence electrons. The number of nitrogens with zero attached hydrogens (tertiary/aromatic N) is 1. The molecule has 0 aliphatic carbocycles. The first-order valence-corrected chi connectivity index (χ1v) is 43.2. The SMILES string of the molecule is CCCCCCCCCCOc1cccc(/C=C/c2cc(/C=C/c3ccc(N(c4ccccc4)c4ccc(/C=C/c5cc(/C=C/c6cccc(OCCCCCCCCCC)c6)cc(/C=C/c6cccc(OCCCCCCCCCC)c6)c5)cc4)cc3)cc(/C=C/c3cccc(OCCCCCCCCCC)c3)c2)c1. The van der Waals surface area contributed by atoms with Gasteiger partial charge in [0.05, 0.1) is 26.4 Å². The second kappa shape index (κ2) is 52.6. The van der Waals surface area contributed by atoms with Crippen molar-refractivity contribution in [3.05, 3.63) is 279 Å². The van der Waals surface area contributed by atoms with E-state index in [2.05, 4.69) is 318 Å². The maximum Gasteiger partial charge on any atom is 0.119 e. The van der Waals surface area contributed by atoms with Crippen LogP contribution >= 0.6 is 0 Å². The van der Waals surface area contributed by atoms with E-state index in [0.717, 1.165) is 159 Å². The summed E-state index contributed by atoms with van der Waals surface area (Å²) in [5.74, 6) is 3.69. The predicted octanol–water partition coefficient (Wildman–Crippen LogP) is 32.3. The lowest BCUT2D eigenvalue weighted by Gasteiger charge is -2.25. The fourth-order valence-corrected chi connectivity index (χ4v) is 14.2. The van der Waals surface area contributed by atoms with Crippen molar-refractivity contribution in [2.24, 2.45) is 0 Å². The number of hydrogen-bond acceptors (Lipinski definition) is 5. The van der Waals surface area contributed by atoms with Crippen LogP contribution in [0, 0.1) is 0 Å². The number of rotatable bonds is 55. The fourth-order valence-electron chi connectivity index (χ4n) is 14.2. The molecule has 0 saturated heterocycles. The molecule has 0 bridgehead atoms. The van der Waals surface area contributed by atoms with Crippen LogP contribution in [0.3, 0.4) is 0 Å². The molecule has 5 heteroatoms. The quantitative estimate of drug-likeness (QED) is 0.0281. The summed E-state index contributed by atoms with van der Waals surface area (Å²) >= 11 is 0. The second-order valence-electron chi connectivity index (χ2n) is 30.3. The van der Waals surface area contributed by atoms with E-state index >= 15 is 0 Å². The van der Waals surface area contributed by atoms with Crippen molar-refractivity contribution in [2.45, 2.75) is 233 Å². The molecule has 0 radical (unpaired) electrons. The molecule has 0 amide bonds. The highest BCUT2D eigenvalue weighted by Gasteiger charge is 2.13. The Morgan fingerprint density at radius 1 is 0.180 bits per heavy atom. The summed E-state index contributed by atoms with van der Waals surface area (Å²) in [5, 5.41) is 0. The molecule has 0 aliphatic rings. The summed E-state index contributed by atoms with van der Waals surface area (Å²) in [6.45, 7) is 12.1. The van der Waals surface area contributed by atoms with Crippen LogP contribution in [-0.2, 0) is 0 Å². The van der Waals surface area contributed by atoms with Crippen molar-refractivity contribution in [2.75, 3.05) is 31.3 Å². The summed E-state index contributed by atoms with van der Waals surface area (Å²) in [6, 6.07) is 76.1. The molecule has 111 heavy (non-hydrogen) atoms. The van der Waals surface area contributed by atoms with E-state index in [0.29, 0.717) is 0 Å². The van der Waals surface area contributed by atoms with E-state index in [4.69, 9.17) is 18.9 Å². The van der Waals surface area contributed by atoms with Crippen LogP contribution in [0.1, 0.15) is 300 Å². The van der Waals surface area contributed by atoms with E-state index in [1.807, 2.05) is 0 Å². The van der Waals surface area contributed by atoms with Crippen LogP contribution in [-0.4, -0.2) is 26.4 Å². The maximum atomic E-state index is 6.28. The van der Waals surface area contributed by atoms with Crippen LogP contribution < -0.4 is 23.8 Å². The maximum absolute atomic E-state index is 6.28. The van der Waals surface area contributed by atoms with E-state index in [-0.39, 0.29) is 0 Å². The second-order valence-corrected chi connectivity index (χ2v) is 30.3. The van der Waals surface area contributed by atoms with Crippen molar-refractivity contribution >= 4 is 90.0 Å². The van der Waals surface area contributed by atoms with E-state index < -0.39 is 0 Å². The first-order valence-electron chi connectivity index (χ1n) is 43.2. The number of anilines is 3. The molecule has 9 aromatic carbocycles. The van der Waals surface area contributed by atoms with Gasteiger partial charge in [-0.05, 0) is 214 Å². The fraction of sp³-hybridized carbons (Fsp3) is 0.377. The summed E-state index contributed by atoms with van der Waals surface area (Å²) in [5.41, 5.74) is 16.6. The van der Waals surface area contributed by atoms with Gasteiger partial charge in [0.1, 0.15) is 23.0 Å². The van der Waals surface area contributed by atoms with Crippen LogP contribution in [0.2, 0.25) is 0 Å². The highest BCUT2D eigenvalue weighted by atomic mass is 16.5. The standard InChI is InChI=1S/C106H131NO4/c1-5-9-13-17-21-25-29-36-74-108-103-50-40-44-90(84-103)56-62-96-78-94(79-97(82-96)63-57-91-45-41-51-104(85-91)109-75-37-30-26-22-18-14-10-6-2)60-54-88-66-70-101(71-67-88)107(100-48-34-33-35-49-100)102-72-68-89(69-73-102)55-61-95-80-98(64-58-92-46-42-52-105(86-92)110-76-38-31-27-23-19-15-11-7-3)83-99(81-95)65-59-93-47-43-53-106(87-93)111-77-39-32-28-24-20-16-12-8-4/h33-35,40-73,78-87H,5-32,36-39,74-77H2,1-4H3/b60-54+,61-55+,62-56+,63-57+,64-58+,65-59+. The van der Waals surface area contributed by atoms with Gasteiger partial charge in [0, 0.05) is 17.1 Å². The van der Waals surface area contributed by atoms with Crippen molar-refractivity contribution in [3.63, 3.8) is 0 Å². The molecule has 0 N–H and O–H groups in total. The Morgan fingerprint density at radius 3 is 0.631 bits per heavy atom. The van der Waals surface area contributed by atoms with Gasteiger partial charge >= 0.3 is 0 Å². The Kier molecular flexibility index (Phi) is 40.4. The van der Waals surface area contributed by atoms with Gasteiger partial charge in [-0.1, -0.05) is 371 Å². The zero-order valence-electron chi connectivity index (χ0n) is 68.2. The van der Waals surface area contributed by atoms with Gasteiger partial charge in [0.15, 0.2) is 0 Å². The van der Waals surface area contributed by atoms with Crippen molar-refractivity contribution in [3.8, 4) is 23.0 Å². The molecule has 0 spiro atoms. The van der Waals surface area contributed by atoms with E-state index in [1.165, 1.54) is 180 Å². The minimum atomic E-state index is 0.749. The van der Waals surface area contributed by atoms with Crippen LogP contribution in [0.4, 0.5) is 17.1 Å². The summed E-state index contributed by atoms with van der Waals surface area (Å²) in [6.07, 6.45) is 67.7. The van der Waals surface area contributed by atoms with Gasteiger partial charge in [-0.2, -0.15) is 0 Å². The minimum Gasteiger partial charge on any atom is -0.494 e. The lowest BCUT2D eigenvalue weighted by molar-refractivity contribution is 0.304. The lowest BCUT2D eigenvalue weighted by atomic mass is 10.0. The summed E-state index contributed by atoms with van der Waals surface area (Å²) in [7, 11) is 0. The highest BCUT2D eigenvalue weighted by molar-refractivity contribution is 5.83. The van der Waals surface area contributed by atoms with Crippen LogP contribution in [0.5, 0.6) is 23.0 Å². The monoisotopic (exact) mass is 1480 g/mol. The van der Waals surface area contributed by atoms with Crippen molar-refractivity contribution < 1.29 is 18.9 Å². The molecule has 0 aromatic heterocycles. The molecule has 0 atom stereocenters. The van der Waals surface area contributed by atoms with Gasteiger partial charge in [-0.3, -0.25) is 0 Å². The summed E-state index contributed by atoms with van der Waals surface area (Å²) in [4.78, 5) is 2.33. The average molecular weight is 1480 g/mol. The van der Waals surface area contributed by atoms with E-state index in [9.17, 15) is 0 Å². The molecular formula is C106H131NO4. The van der Waals surface area contributed by atoms with E-state index in [1.54, 1.807) is 0 Å². The number of para-hydroxylation sites is 1. The third-order valence-electron chi connectivity index (χ3n) is 20.6. The van der Waals surface area contributed by atoms with Gasteiger partial charge in [0.25, 0.3) is 0 Å². The van der Waals surface area contributed by atoms with Crippen LogP contribution in [0.15, 0.2) is 212 Å². The first-order chi connectivity index (χ1) is 54.9. The van der Waals surface area contributed by atoms with Gasteiger partial charge in [-0.15, -0.1) is 0 Å².